The summed E-state index contributed by atoms with van der Waals surface area (Å²) in [6.45, 7) is 12.8. The summed E-state index contributed by atoms with van der Waals surface area (Å²) >= 11 is 0. The van der Waals surface area contributed by atoms with Crippen LogP contribution in [0.5, 0.6) is 0 Å². The van der Waals surface area contributed by atoms with Crippen LogP contribution in [0.25, 0.3) is 0 Å². The molecule has 7 nitrogen and oxygen atoms in total. The molecule has 8 heteroatoms. The molecule has 1 unspecified atom stereocenters. The third-order valence-corrected chi connectivity index (χ3v) is 5.15. The minimum Gasteiger partial charge on any atom is -0.444 e. The standard InChI is InChI=1S/C20H38N4O3.HI/c1-6-23(19(25)27-20(2,3)4)15-16-9-11-24(12-10-16)18(21-5)22-14-17-8-7-13-26-17;/h16-17H,6-15H2,1-5H3,(H,21,22);1H. The number of carbonyl (C=O) groups excluding carboxylic acids is 1. The number of aliphatic imine (C=N–C) groups is 1. The van der Waals surface area contributed by atoms with Crippen molar-refractivity contribution in [2.24, 2.45) is 10.9 Å². The highest BCUT2D eigenvalue weighted by Gasteiger charge is 2.27. The summed E-state index contributed by atoms with van der Waals surface area (Å²) in [5, 5.41) is 3.46. The van der Waals surface area contributed by atoms with E-state index in [9.17, 15) is 4.79 Å². The largest absolute Gasteiger partial charge is 0.444 e. The van der Waals surface area contributed by atoms with Gasteiger partial charge in [0.25, 0.3) is 0 Å². The molecule has 0 spiro atoms. The van der Waals surface area contributed by atoms with E-state index in [-0.39, 0.29) is 30.1 Å². The van der Waals surface area contributed by atoms with Gasteiger partial charge in [-0.25, -0.2) is 4.79 Å². The summed E-state index contributed by atoms with van der Waals surface area (Å²) in [6, 6.07) is 0. The average molecular weight is 510 g/mol. The Balaban J connectivity index is 0.00000392. The molecule has 2 fully saturated rings. The lowest BCUT2D eigenvalue weighted by Gasteiger charge is -2.36. The molecule has 2 aliphatic heterocycles. The zero-order chi connectivity index (χ0) is 19.9. The quantitative estimate of drug-likeness (QED) is 0.349. The fourth-order valence-corrected chi connectivity index (χ4v) is 3.64. The van der Waals surface area contributed by atoms with Crippen molar-refractivity contribution < 1.29 is 14.3 Å². The van der Waals surface area contributed by atoms with Crippen molar-refractivity contribution in [1.82, 2.24) is 15.1 Å². The number of piperidine rings is 1. The van der Waals surface area contributed by atoms with E-state index in [1.165, 1.54) is 0 Å². The first kappa shape index (κ1) is 25.3. The summed E-state index contributed by atoms with van der Waals surface area (Å²) in [5.74, 6) is 1.47. The van der Waals surface area contributed by atoms with Crippen molar-refractivity contribution in [2.75, 3.05) is 46.4 Å². The number of carbonyl (C=O) groups is 1. The topological polar surface area (TPSA) is 66.4 Å². The molecule has 164 valence electrons. The van der Waals surface area contributed by atoms with Gasteiger partial charge in [0.2, 0.25) is 0 Å². The van der Waals surface area contributed by atoms with Crippen molar-refractivity contribution in [3.63, 3.8) is 0 Å². The predicted octanol–water partition coefficient (Wildman–Crippen LogP) is 3.33. The lowest BCUT2D eigenvalue weighted by molar-refractivity contribution is 0.0214. The van der Waals surface area contributed by atoms with Crippen LogP contribution in [0.15, 0.2) is 4.99 Å². The van der Waals surface area contributed by atoms with Crippen molar-refractivity contribution in [3.8, 4) is 0 Å². The molecule has 1 atom stereocenters. The fourth-order valence-electron chi connectivity index (χ4n) is 3.64. The second kappa shape index (κ2) is 12.0. The molecule has 2 aliphatic rings. The predicted molar refractivity (Wildman–Crippen MR) is 124 cm³/mol. The molecule has 2 rings (SSSR count). The molecular formula is C20H39IN4O3. The maximum Gasteiger partial charge on any atom is 0.410 e. The Morgan fingerprint density at radius 3 is 2.46 bits per heavy atom. The Morgan fingerprint density at radius 2 is 1.96 bits per heavy atom. The molecule has 0 radical (unpaired) electrons. The van der Waals surface area contributed by atoms with Crippen LogP contribution in [-0.2, 0) is 9.47 Å². The number of nitrogens with one attached hydrogen (secondary N) is 1. The van der Waals surface area contributed by atoms with Gasteiger partial charge in [0.15, 0.2) is 5.96 Å². The van der Waals surface area contributed by atoms with Crippen LogP contribution in [0.4, 0.5) is 4.79 Å². The van der Waals surface area contributed by atoms with Crippen LogP contribution in [0.1, 0.15) is 53.4 Å². The van der Waals surface area contributed by atoms with Crippen LogP contribution in [0, 0.1) is 5.92 Å². The van der Waals surface area contributed by atoms with E-state index < -0.39 is 5.60 Å². The van der Waals surface area contributed by atoms with Gasteiger partial charge in [-0.1, -0.05) is 0 Å². The lowest BCUT2D eigenvalue weighted by atomic mass is 9.96. The first-order valence-corrected chi connectivity index (χ1v) is 10.4. The van der Waals surface area contributed by atoms with Gasteiger partial charge in [-0.15, -0.1) is 24.0 Å². The normalized spacial score (nSPS) is 21.2. The second-order valence-corrected chi connectivity index (χ2v) is 8.51. The number of ether oxygens (including phenoxy) is 2. The molecule has 0 bridgehead atoms. The van der Waals surface area contributed by atoms with Gasteiger partial charge >= 0.3 is 6.09 Å². The number of hydrogen-bond acceptors (Lipinski definition) is 4. The maximum atomic E-state index is 12.3. The Kier molecular flexibility index (Phi) is 10.9. The second-order valence-electron chi connectivity index (χ2n) is 8.51. The van der Waals surface area contributed by atoms with Gasteiger partial charge in [0, 0.05) is 46.4 Å². The number of hydrogen-bond donors (Lipinski definition) is 1. The zero-order valence-corrected chi connectivity index (χ0v) is 20.5. The van der Waals surface area contributed by atoms with E-state index in [0.29, 0.717) is 18.6 Å². The summed E-state index contributed by atoms with van der Waals surface area (Å²) in [4.78, 5) is 20.9. The number of halogens is 1. The van der Waals surface area contributed by atoms with E-state index in [1.54, 1.807) is 0 Å². The van der Waals surface area contributed by atoms with Crippen molar-refractivity contribution in [1.29, 1.82) is 0 Å². The van der Waals surface area contributed by atoms with Crippen LogP contribution >= 0.6 is 24.0 Å². The molecular weight excluding hydrogens is 471 g/mol. The Morgan fingerprint density at radius 1 is 1.29 bits per heavy atom. The molecule has 1 amide bonds. The lowest BCUT2D eigenvalue weighted by Crippen LogP contribution is -2.49. The van der Waals surface area contributed by atoms with Crippen molar-refractivity contribution >= 4 is 36.0 Å². The van der Waals surface area contributed by atoms with Crippen LogP contribution in [0.3, 0.4) is 0 Å². The summed E-state index contributed by atoms with van der Waals surface area (Å²) in [7, 11) is 1.84. The average Bonchev–Trinajstić information content (AvgIpc) is 3.13. The van der Waals surface area contributed by atoms with E-state index in [4.69, 9.17) is 9.47 Å². The molecule has 0 aromatic heterocycles. The minimum atomic E-state index is -0.449. The SMILES string of the molecule is CCN(CC1CCN(C(=NC)NCC2CCCO2)CC1)C(=O)OC(C)(C)C.I. The van der Waals surface area contributed by atoms with Crippen LogP contribution in [0.2, 0.25) is 0 Å². The molecule has 0 saturated carbocycles. The zero-order valence-electron chi connectivity index (χ0n) is 18.2. The highest BCUT2D eigenvalue weighted by Crippen LogP contribution is 2.20. The molecule has 0 aromatic carbocycles. The Hall–Kier alpha value is -0.770. The third kappa shape index (κ3) is 8.31. The number of nitrogens with zero attached hydrogens (tertiary/aromatic N) is 3. The van der Waals surface area contributed by atoms with E-state index in [1.807, 2.05) is 39.6 Å². The van der Waals surface area contributed by atoms with Gasteiger partial charge < -0.3 is 24.6 Å². The Bertz CT molecular complexity index is 496. The van der Waals surface area contributed by atoms with E-state index >= 15 is 0 Å². The van der Waals surface area contributed by atoms with Gasteiger partial charge in [0.1, 0.15) is 5.60 Å². The minimum absolute atomic E-state index is 0. The maximum absolute atomic E-state index is 12.3. The summed E-state index contributed by atoms with van der Waals surface area (Å²) < 4.78 is 11.2. The van der Waals surface area contributed by atoms with Crippen molar-refractivity contribution in [3.05, 3.63) is 0 Å². The van der Waals surface area contributed by atoms with Gasteiger partial charge in [-0.3, -0.25) is 4.99 Å². The Labute approximate surface area is 187 Å². The molecule has 2 heterocycles. The summed E-state index contributed by atoms with van der Waals surface area (Å²) in [5.41, 5.74) is -0.449. The number of guanidine groups is 1. The van der Waals surface area contributed by atoms with E-state index in [0.717, 1.165) is 64.4 Å². The molecule has 0 aliphatic carbocycles. The smallest absolute Gasteiger partial charge is 0.410 e. The van der Waals surface area contributed by atoms with Gasteiger partial charge in [0.05, 0.1) is 6.10 Å². The third-order valence-electron chi connectivity index (χ3n) is 5.15. The van der Waals surface area contributed by atoms with Gasteiger partial charge in [-0.05, 0) is 59.3 Å². The number of amides is 1. The number of rotatable bonds is 5. The van der Waals surface area contributed by atoms with Crippen molar-refractivity contribution in [2.45, 2.75) is 65.1 Å². The first-order valence-electron chi connectivity index (χ1n) is 10.4. The molecule has 28 heavy (non-hydrogen) atoms. The fraction of sp³-hybridized carbons (Fsp3) is 0.900. The molecule has 1 N–H and O–H groups in total. The first-order chi connectivity index (χ1) is 12.8. The summed E-state index contributed by atoms with van der Waals surface area (Å²) in [6.07, 6.45) is 4.50. The highest BCUT2D eigenvalue weighted by molar-refractivity contribution is 14.0. The van der Waals surface area contributed by atoms with Crippen LogP contribution < -0.4 is 5.32 Å². The molecule has 0 aromatic rings. The van der Waals surface area contributed by atoms with Crippen LogP contribution in [-0.4, -0.2) is 79.9 Å². The van der Waals surface area contributed by atoms with Gasteiger partial charge in [-0.2, -0.15) is 0 Å². The monoisotopic (exact) mass is 510 g/mol. The highest BCUT2D eigenvalue weighted by atomic mass is 127. The molecule has 2 saturated heterocycles. The number of likely N-dealkylation sites (tertiary alicyclic amines) is 1. The van der Waals surface area contributed by atoms with E-state index in [2.05, 4.69) is 15.2 Å².